The van der Waals surface area contributed by atoms with Gasteiger partial charge in [0.1, 0.15) is 11.9 Å². The molecule has 1 aromatic carbocycles. The Labute approximate surface area is 134 Å². The van der Waals surface area contributed by atoms with Crippen molar-refractivity contribution in [3.05, 3.63) is 35.6 Å². The van der Waals surface area contributed by atoms with Crippen molar-refractivity contribution in [2.45, 2.75) is 37.1 Å². The lowest BCUT2D eigenvalue weighted by Gasteiger charge is -2.39. The average molecular weight is 326 g/mol. The number of benzene rings is 1. The van der Waals surface area contributed by atoms with Gasteiger partial charge in [-0.2, -0.15) is 0 Å². The fourth-order valence-electron chi connectivity index (χ4n) is 3.06. The first-order chi connectivity index (χ1) is 11.2. The quantitative estimate of drug-likeness (QED) is 0.613. The molecule has 0 aromatic heterocycles. The lowest BCUT2D eigenvalue weighted by molar-refractivity contribution is -0.153. The normalized spacial score (nSPS) is 33.1. The van der Waals surface area contributed by atoms with E-state index in [2.05, 4.69) is 10.6 Å². The van der Waals surface area contributed by atoms with Crippen molar-refractivity contribution in [3.63, 3.8) is 0 Å². The Kier molecular flexibility index (Phi) is 5.58. The van der Waals surface area contributed by atoms with Crippen LogP contribution in [0.5, 0.6) is 0 Å². The Bertz CT molecular complexity index is 501. The Morgan fingerprint density at radius 2 is 2.04 bits per heavy atom. The van der Waals surface area contributed by atoms with E-state index in [1.54, 1.807) is 19.2 Å². The summed E-state index contributed by atoms with van der Waals surface area (Å²) in [5, 5.41) is 17.2. The van der Waals surface area contributed by atoms with Crippen molar-refractivity contribution in [1.82, 2.24) is 10.6 Å². The molecule has 2 heterocycles. The standard InChI is InChI=1S/C16H23FN2O4/c1-21-7-6-18-14-15(20)13(12-9-22-16(14)23-12)19-8-10-2-4-11(17)5-3-10/h2-5,12-16,18-20H,6-9H2,1H3/t12-,13+,14-,15-,16+/m0/s1. The largest absolute Gasteiger partial charge is 0.390 e. The van der Waals surface area contributed by atoms with Crippen LogP contribution in [0.15, 0.2) is 24.3 Å². The van der Waals surface area contributed by atoms with Crippen LogP contribution < -0.4 is 10.6 Å². The maximum absolute atomic E-state index is 12.9. The Hall–Kier alpha value is -1.09. The molecule has 7 heteroatoms. The van der Waals surface area contributed by atoms with E-state index in [1.807, 2.05) is 0 Å². The van der Waals surface area contributed by atoms with Gasteiger partial charge in [-0.05, 0) is 17.7 Å². The van der Waals surface area contributed by atoms with Crippen molar-refractivity contribution in [1.29, 1.82) is 0 Å². The van der Waals surface area contributed by atoms with Crippen LogP contribution in [0.1, 0.15) is 5.56 Å². The Balaban J connectivity index is 1.60. The van der Waals surface area contributed by atoms with E-state index < -0.39 is 12.4 Å². The van der Waals surface area contributed by atoms with Crippen LogP contribution >= 0.6 is 0 Å². The third kappa shape index (κ3) is 3.88. The second-order valence-electron chi connectivity index (χ2n) is 5.87. The Morgan fingerprint density at radius 3 is 2.78 bits per heavy atom. The maximum atomic E-state index is 12.9. The van der Waals surface area contributed by atoms with Crippen LogP contribution in [0, 0.1) is 5.82 Å². The molecule has 3 N–H and O–H groups in total. The SMILES string of the molecule is COCCN[C@@H]1[C@@H]2OC[C@H](O2)[C@@H](NCc2ccc(F)cc2)[C@@H]1O. The van der Waals surface area contributed by atoms with Crippen LogP contribution in [-0.2, 0) is 20.8 Å². The predicted molar refractivity (Wildman–Crippen MR) is 81.3 cm³/mol. The third-order valence-corrected chi connectivity index (χ3v) is 4.30. The molecule has 2 aliphatic heterocycles. The van der Waals surface area contributed by atoms with E-state index in [9.17, 15) is 9.50 Å². The number of methoxy groups -OCH3 is 1. The van der Waals surface area contributed by atoms with Gasteiger partial charge in [-0.3, -0.25) is 0 Å². The van der Waals surface area contributed by atoms with Crippen molar-refractivity contribution in [3.8, 4) is 0 Å². The fraction of sp³-hybridized carbons (Fsp3) is 0.625. The summed E-state index contributed by atoms with van der Waals surface area (Å²) < 4.78 is 29.4. The van der Waals surface area contributed by atoms with Crippen molar-refractivity contribution in [2.75, 3.05) is 26.9 Å². The number of hydrogen-bond acceptors (Lipinski definition) is 6. The first-order valence-corrected chi connectivity index (χ1v) is 7.84. The summed E-state index contributed by atoms with van der Waals surface area (Å²) in [7, 11) is 1.63. The molecule has 0 radical (unpaired) electrons. The second kappa shape index (κ2) is 7.65. The van der Waals surface area contributed by atoms with Gasteiger partial charge in [0.25, 0.3) is 0 Å². The topological polar surface area (TPSA) is 72.0 Å². The van der Waals surface area contributed by atoms with Crippen LogP contribution in [0.25, 0.3) is 0 Å². The first-order valence-electron chi connectivity index (χ1n) is 7.84. The molecule has 1 aromatic rings. The molecule has 2 saturated heterocycles. The van der Waals surface area contributed by atoms with Crippen molar-refractivity contribution in [2.24, 2.45) is 0 Å². The summed E-state index contributed by atoms with van der Waals surface area (Å²) in [6, 6.07) is 5.73. The van der Waals surface area contributed by atoms with E-state index in [0.29, 0.717) is 26.3 Å². The molecule has 128 valence electrons. The smallest absolute Gasteiger partial charge is 0.176 e. The zero-order valence-electron chi connectivity index (χ0n) is 13.1. The van der Waals surface area contributed by atoms with Gasteiger partial charge in [-0.1, -0.05) is 12.1 Å². The molecule has 0 amide bonds. The number of hydrogen-bond donors (Lipinski definition) is 3. The Morgan fingerprint density at radius 1 is 1.26 bits per heavy atom. The molecule has 23 heavy (non-hydrogen) atoms. The monoisotopic (exact) mass is 326 g/mol. The van der Waals surface area contributed by atoms with E-state index in [0.717, 1.165) is 5.56 Å². The van der Waals surface area contributed by atoms with E-state index in [1.165, 1.54) is 12.1 Å². The molecular weight excluding hydrogens is 303 g/mol. The van der Waals surface area contributed by atoms with Gasteiger partial charge < -0.3 is 30.0 Å². The molecule has 0 aliphatic carbocycles. The summed E-state index contributed by atoms with van der Waals surface area (Å²) in [5.41, 5.74) is 0.948. The minimum absolute atomic E-state index is 0.184. The number of halogens is 1. The molecule has 2 bridgehead atoms. The zero-order chi connectivity index (χ0) is 16.2. The number of rotatable bonds is 7. The highest BCUT2D eigenvalue weighted by Crippen LogP contribution is 2.28. The molecule has 2 aliphatic rings. The van der Waals surface area contributed by atoms with E-state index in [-0.39, 0.29) is 24.0 Å². The molecule has 2 fully saturated rings. The minimum atomic E-state index is -0.640. The van der Waals surface area contributed by atoms with Gasteiger partial charge in [0, 0.05) is 20.2 Å². The fourth-order valence-corrected chi connectivity index (χ4v) is 3.06. The van der Waals surface area contributed by atoms with Gasteiger partial charge in [-0.25, -0.2) is 4.39 Å². The summed E-state index contributed by atoms with van der Waals surface area (Å²) in [6.07, 6.45) is -1.26. The molecule has 0 saturated carbocycles. The summed E-state index contributed by atoms with van der Waals surface area (Å²) in [6.45, 7) is 2.13. The number of aliphatic hydroxyl groups is 1. The maximum Gasteiger partial charge on any atom is 0.176 e. The molecule has 6 nitrogen and oxygen atoms in total. The first kappa shape index (κ1) is 16.8. The lowest BCUT2D eigenvalue weighted by Crippen LogP contribution is -2.63. The lowest BCUT2D eigenvalue weighted by atomic mass is 9.95. The van der Waals surface area contributed by atoms with Crippen LogP contribution in [0.3, 0.4) is 0 Å². The highest BCUT2D eigenvalue weighted by Gasteiger charge is 2.49. The second-order valence-corrected chi connectivity index (χ2v) is 5.87. The van der Waals surface area contributed by atoms with Crippen molar-refractivity contribution >= 4 is 0 Å². The van der Waals surface area contributed by atoms with Crippen LogP contribution in [0.4, 0.5) is 4.39 Å². The number of fused-ring (bicyclic) bond motifs is 2. The van der Waals surface area contributed by atoms with Crippen LogP contribution in [0.2, 0.25) is 0 Å². The summed E-state index contributed by atoms with van der Waals surface area (Å²) in [5.74, 6) is -0.260. The van der Waals surface area contributed by atoms with Gasteiger partial charge >= 0.3 is 0 Å². The number of nitrogens with one attached hydrogen (secondary N) is 2. The van der Waals surface area contributed by atoms with E-state index in [4.69, 9.17) is 14.2 Å². The van der Waals surface area contributed by atoms with Gasteiger partial charge in [0.2, 0.25) is 0 Å². The molecule has 5 atom stereocenters. The van der Waals surface area contributed by atoms with Crippen LogP contribution in [-0.4, -0.2) is 62.6 Å². The molecule has 3 rings (SSSR count). The molecule has 0 unspecified atom stereocenters. The summed E-state index contributed by atoms with van der Waals surface area (Å²) in [4.78, 5) is 0. The third-order valence-electron chi connectivity index (χ3n) is 4.30. The number of aliphatic hydroxyl groups excluding tert-OH is 1. The van der Waals surface area contributed by atoms with Gasteiger partial charge in [-0.15, -0.1) is 0 Å². The predicted octanol–water partition coefficient (Wildman–Crippen LogP) is 0.00450. The molecule has 0 spiro atoms. The zero-order valence-corrected chi connectivity index (χ0v) is 13.1. The van der Waals surface area contributed by atoms with E-state index >= 15 is 0 Å². The van der Waals surface area contributed by atoms with Gasteiger partial charge in [0.15, 0.2) is 6.29 Å². The average Bonchev–Trinajstić information content (AvgIpc) is 2.98. The molecular formula is C16H23FN2O4. The summed E-state index contributed by atoms with van der Waals surface area (Å²) >= 11 is 0. The minimum Gasteiger partial charge on any atom is -0.390 e. The van der Waals surface area contributed by atoms with Gasteiger partial charge in [0.05, 0.1) is 31.4 Å². The highest BCUT2D eigenvalue weighted by atomic mass is 19.1. The number of ether oxygens (including phenoxy) is 3. The highest BCUT2D eigenvalue weighted by molar-refractivity contribution is 5.16. The van der Waals surface area contributed by atoms with Crippen molar-refractivity contribution < 1.29 is 23.7 Å².